The third kappa shape index (κ3) is 4.14. The van der Waals surface area contributed by atoms with Crippen molar-refractivity contribution >= 4 is 0 Å². The Morgan fingerprint density at radius 1 is 1.28 bits per heavy atom. The lowest BCUT2D eigenvalue weighted by Gasteiger charge is -2.52. The van der Waals surface area contributed by atoms with Crippen molar-refractivity contribution in [1.29, 1.82) is 0 Å². The molecular formula is C26H41NO2. The van der Waals surface area contributed by atoms with Crippen molar-refractivity contribution in [2.75, 3.05) is 33.9 Å². The van der Waals surface area contributed by atoms with Gasteiger partial charge in [-0.25, -0.2) is 0 Å². The largest absolute Gasteiger partial charge is 0.508 e. The van der Waals surface area contributed by atoms with Crippen molar-refractivity contribution in [3.63, 3.8) is 0 Å². The van der Waals surface area contributed by atoms with E-state index >= 15 is 0 Å². The molecule has 0 radical (unpaired) electrons. The van der Waals surface area contributed by atoms with E-state index in [4.69, 9.17) is 4.74 Å². The third-order valence-electron chi connectivity index (χ3n) is 8.04. The average Bonchev–Trinajstić information content (AvgIpc) is 2.97. The fourth-order valence-electron chi connectivity index (χ4n) is 6.64. The summed E-state index contributed by atoms with van der Waals surface area (Å²) in [5, 5.41) is 9.93. The van der Waals surface area contributed by atoms with Gasteiger partial charge in [0.05, 0.1) is 13.2 Å². The van der Waals surface area contributed by atoms with E-state index in [0.29, 0.717) is 23.0 Å². The van der Waals surface area contributed by atoms with Crippen LogP contribution in [0.4, 0.5) is 0 Å². The zero-order chi connectivity index (χ0) is 19.9. The molecule has 0 bridgehead atoms. The minimum Gasteiger partial charge on any atom is -0.508 e. The Kier molecular flexibility index (Phi) is 6.80. The molecule has 3 aliphatic rings. The summed E-state index contributed by atoms with van der Waals surface area (Å²) in [5.74, 6) is 3.35. The van der Waals surface area contributed by atoms with Crippen LogP contribution in [0.1, 0.15) is 64.0 Å². The van der Waals surface area contributed by atoms with Gasteiger partial charge >= 0.3 is 0 Å². The number of hydrogen-bond donors (Lipinski definition) is 1. The molecule has 0 spiro atoms. The van der Waals surface area contributed by atoms with Gasteiger partial charge in [-0.15, -0.1) is 0 Å². The van der Waals surface area contributed by atoms with Gasteiger partial charge < -0.3 is 14.7 Å². The van der Waals surface area contributed by atoms with Crippen LogP contribution in [-0.2, 0) is 11.2 Å². The highest BCUT2D eigenvalue weighted by molar-refractivity contribution is 5.41. The molecule has 0 aromatic heterocycles. The van der Waals surface area contributed by atoms with Crippen LogP contribution in [0.5, 0.6) is 5.75 Å². The number of aromatic hydroxyl groups is 1. The molecule has 2 fully saturated rings. The average molecular weight is 400 g/mol. The van der Waals surface area contributed by atoms with Gasteiger partial charge in [0.25, 0.3) is 0 Å². The number of phenolic OH excluding ortho intramolecular Hbond substituents is 1. The molecule has 1 N–H and O–H groups in total. The van der Waals surface area contributed by atoms with Crippen LogP contribution in [0.25, 0.3) is 0 Å². The van der Waals surface area contributed by atoms with Gasteiger partial charge in [0.15, 0.2) is 0 Å². The molecule has 1 aromatic rings. The van der Waals surface area contributed by atoms with Gasteiger partial charge in [-0.3, -0.25) is 0 Å². The molecule has 4 unspecified atom stereocenters. The van der Waals surface area contributed by atoms with Gasteiger partial charge in [-0.2, -0.15) is 0 Å². The number of allylic oxidation sites excluding steroid dienone is 1. The van der Waals surface area contributed by atoms with Crippen LogP contribution in [0.15, 0.2) is 29.8 Å². The molecule has 0 heterocycles. The molecule has 0 saturated heterocycles. The Morgan fingerprint density at radius 2 is 2.07 bits per heavy atom. The van der Waals surface area contributed by atoms with Crippen LogP contribution in [0, 0.1) is 23.2 Å². The number of nitrogens with zero attached hydrogens (tertiary/aromatic N) is 1. The van der Waals surface area contributed by atoms with E-state index in [1.165, 1.54) is 36.8 Å². The van der Waals surface area contributed by atoms with Crippen LogP contribution < -0.4 is 0 Å². The summed E-state index contributed by atoms with van der Waals surface area (Å²) in [6, 6.07) is 6.12. The Balaban J connectivity index is 0.00000240. The second kappa shape index (κ2) is 8.81. The van der Waals surface area contributed by atoms with E-state index in [1.807, 2.05) is 12.1 Å². The molecule has 3 nitrogen and oxygen atoms in total. The van der Waals surface area contributed by atoms with Gasteiger partial charge in [-0.05, 0) is 98.5 Å². The number of fused-ring (bicyclic) bond motifs is 5. The van der Waals surface area contributed by atoms with Crippen molar-refractivity contribution in [3.05, 3.63) is 41.0 Å². The fourth-order valence-corrected chi connectivity index (χ4v) is 6.64. The van der Waals surface area contributed by atoms with E-state index in [2.05, 4.69) is 45.0 Å². The minimum atomic E-state index is 0. The number of benzene rings is 1. The molecule has 0 amide bonds. The lowest BCUT2D eigenvalue weighted by Crippen LogP contribution is -2.43. The van der Waals surface area contributed by atoms with E-state index in [-0.39, 0.29) is 7.43 Å². The van der Waals surface area contributed by atoms with E-state index in [0.717, 1.165) is 38.0 Å². The lowest BCUT2D eigenvalue weighted by atomic mass is 9.52. The zero-order valence-electron chi connectivity index (χ0n) is 18.1. The fraction of sp³-hybridized carbons (Fsp3) is 0.692. The molecule has 5 atom stereocenters. The highest BCUT2D eigenvalue weighted by Crippen LogP contribution is 2.63. The number of phenols is 1. The molecular weight excluding hydrogens is 358 g/mol. The predicted molar refractivity (Wildman–Crippen MR) is 121 cm³/mol. The van der Waals surface area contributed by atoms with E-state index < -0.39 is 0 Å². The van der Waals surface area contributed by atoms with Gasteiger partial charge in [0.1, 0.15) is 5.75 Å². The SMILES string of the molecule is C.C[C@@H]1Cc2cc(O)ccc2C2CCC3(C)/C(=C/COCCN(C)C)CCC3C21. The second-order valence-corrected chi connectivity index (χ2v) is 9.96. The highest BCUT2D eigenvalue weighted by Gasteiger charge is 2.54. The maximum atomic E-state index is 9.93. The van der Waals surface area contributed by atoms with E-state index in [1.54, 1.807) is 5.57 Å². The normalized spacial score (nSPS) is 34.4. The first-order valence-corrected chi connectivity index (χ1v) is 11.1. The smallest absolute Gasteiger partial charge is 0.115 e. The molecule has 2 saturated carbocycles. The first kappa shape index (κ1) is 22.4. The van der Waals surface area contributed by atoms with Gasteiger partial charge in [-0.1, -0.05) is 39.0 Å². The van der Waals surface area contributed by atoms with E-state index in [9.17, 15) is 5.11 Å². The highest BCUT2D eigenvalue weighted by atomic mass is 16.5. The van der Waals surface area contributed by atoms with Crippen LogP contribution in [-0.4, -0.2) is 43.9 Å². The maximum absolute atomic E-state index is 9.93. The predicted octanol–water partition coefficient (Wildman–Crippen LogP) is 5.64. The summed E-state index contributed by atoms with van der Waals surface area (Å²) in [6.45, 7) is 7.53. The molecule has 4 rings (SSSR count). The summed E-state index contributed by atoms with van der Waals surface area (Å²) in [4.78, 5) is 2.17. The standard InChI is InChI=1S/C25H37NO2.CH4/c1-17-15-18-16-20(27)6-7-21(18)22-9-11-25(2)19(5-8-23(25)24(17)22)10-13-28-14-12-26(3)4;/h6-7,10,16-17,22-24,27H,5,8-9,11-15H2,1-4H3;1H4/b19-10+;/t17-,22?,23?,24?,25?;/m1./s1. The zero-order valence-corrected chi connectivity index (χ0v) is 18.1. The topological polar surface area (TPSA) is 32.7 Å². The quantitative estimate of drug-likeness (QED) is 0.514. The van der Waals surface area contributed by atoms with Gasteiger partial charge in [0.2, 0.25) is 0 Å². The van der Waals surface area contributed by atoms with Crippen LogP contribution >= 0.6 is 0 Å². The Morgan fingerprint density at radius 3 is 2.83 bits per heavy atom. The van der Waals surface area contributed by atoms with Crippen molar-refractivity contribution in [2.45, 2.75) is 59.3 Å². The van der Waals surface area contributed by atoms with Crippen molar-refractivity contribution < 1.29 is 9.84 Å². The Labute approximate surface area is 178 Å². The van der Waals surface area contributed by atoms with Crippen molar-refractivity contribution in [3.8, 4) is 5.75 Å². The Bertz CT molecular complexity index is 740. The molecule has 162 valence electrons. The number of rotatable bonds is 5. The molecule has 29 heavy (non-hydrogen) atoms. The molecule has 3 heteroatoms. The van der Waals surface area contributed by atoms with Crippen LogP contribution in [0.3, 0.4) is 0 Å². The van der Waals surface area contributed by atoms with Crippen LogP contribution in [0.2, 0.25) is 0 Å². The van der Waals surface area contributed by atoms with Gasteiger partial charge in [0, 0.05) is 6.54 Å². The number of ether oxygens (including phenoxy) is 1. The summed E-state index contributed by atoms with van der Waals surface area (Å²) < 4.78 is 5.87. The first-order valence-electron chi connectivity index (χ1n) is 11.1. The molecule has 0 aliphatic heterocycles. The summed E-state index contributed by atoms with van der Waals surface area (Å²) in [7, 11) is 4.18. The third-order valence-corrected chi connectivity index (χ3v) is 8.04. The van der Waals surface area contributed by atoms with Crippen molar-refractivity contribution in [1.82, 2.24) is 4.90 Å². The number of hydrogen-bond acceptors (Lipinski definition) is 3. The maximum Gasteiger partial charge on any atom is 0.115 e. The molecule has 1 aromatic carbocycles. The number of likely N-dealkylation sites (N-methyl/N-ethyl adjacent to an activating group) is 1. The first-order chi connectivity index (χ1) is 13.4. The molecule has 3 aliphatic carbocycles. The summed E-state index contributed by atoms with van der Waals surface area (Å²) in [5.41, 5.74) is 4.92. The summed E-state index contributed by atoms with van der Waals surface area (Å²) in [6.07, 6.45) is 8.67. The van der Waals surface area contributed by atoms with Crippen molar-refractivity contribution in [2.24, 2.45) is 23.2 Å². The second-order valence-electron chi connectivity index (χ2n) is 9.96. The Hall–Kier alpha value is -1.32. The lowest BCUT2D eigenvalue weighted by molar-refractivity contribution is 0.0484. The summed E-state index contributed by atoms with van der Waals surface area (Å²) >= 11 is 0. The minimum absolute atomic E-state index is 0. The monoisotopic (exact) mass is 399 g/mol.